The number of aliphatic hydroxyl groups is 1. The van der Waals surface area contributed by atoms with Crippen molar-refractivity contribution in [2.45, 2.75) is 38.7 Å². The quantitative estimate of drug-likeness (QED) is 0.892. The van der Waals surface area contributed by atoms with Crippen molar-refractivity contribution in [3.8, 4) is 0 Å². The van der Waals surface area contributed by atoms with Gasteiger partial charge in [0, 0.05) is 25.8 Å². The van der Waals surface area contributed by atoms with Crippen LogP contribution < -0.4 is 5.32 Å². The van der Waals surface area contributed by atoms with Crippen LogP contribution in [0.2, 0.25) is 0 Å². The number of rotatable bonds is 4. The Morgan fingerprint density at radius 1 is 1.52 bits per heavy atom. The van der Waals surface area contributed by atoms with Gasteiger partial charge in [-0.05, 0) is 32.3 Å². The molecule has 116 valence electrons. The van der Waals surface area contributed by atoms with E-state index in [2.05, 4.69) is 10.3 Å². The van der Waals surface area contributed by atoms with Gasteiger partial charge >= 0.3 is 0 Å². The lowest BCUT2D eigenvalue weighted by Crippen LogP contribution is -2.45. The molecule has 1 fully saturated rings. The van der Waals surface area contributed by atoms with Crippen molar-refractivity contribution in [2.24, 2.45) is 0 Å². The van der Waals surface area contributed by atoms with E-state index in [0.29, 0.717) is 32.5 Å². The smallest absolute Gasteiger partial charge is 0.257 e. The number of hydrogen-bond donors (Lipinski definition) is 2. The molecule has 0 aliphatic carbocycles. The molecule has 2 heterocycles. The summed E-state index contributed by atoms with van der Waals surface area (Å²) in [4.78, 5) is 17.9. The molecule has 1 amide bonds. The third kappa shape index (κ3) is 3.69. The van der Waals surface area contributed by atoms with E-state index in [1.54, 1.807) is 11.8 Å². The van der Waals surface area contributed by atoms with Gasteiger partial charge in [0.2, 0.25) is 0 Å². The van der Waals surface area contributed by atoms with Crippen LogP contribution in [0.1, 0.15) is 43.5 Å². The minimum atomic E-state index is -0.735. The zero-order valence-electron chi connectivity index (χ0n) is 12.5. The van der Waals surface area contributed by atoms with Crippen LogP contribution in [0.15, 0.2) is 12.3 Å². The van der Waals surface area contributed by atoms with Gasteiger partial charge in [-0.25, -0.2) is 9.37 Å². The second-order valence-electron chi connectivity index (χ2n) is 5.74. The van der Waals surface area contributed by atoms with E-state index in [4.69, 9.17) is 0 Å². The van der Waals surface area contributed by atoms with E-state index in [1.165, 1.54) is 12.3 Å². The third-order valence-corrected chi connectivity index (χ3v) is 3.79. The Kier molecular flexibility index (Phi) is 4.77. The summed E-state index contributed by atoms with van der Waals surface area (Å²) in [5.74, 6) is -0.829. The van der Waals surface area contributed by atoms with Gasteiger partial charge in [-0.1, -0.05) is 6.92 Å². The first-order valence-corrected chi connectivity index (χ1v) is 7.34. The molecule has 0 aromatic carbocycles. The van der Waals surface area contributed by atoms with Crippen LogP contribution >= 0.6 is 0 Å². The van der Waals surface area contributed by atoms with Crippen molar-refractivity contribution >= 4 is 11.7 Å². The summed E-state index contributed by atoms with van der Waals surface area (Å²) in [6, 6.07) is 1.40. The van der Waals surface area contributed by atoms with Crippen LogP contribution in [0.3, 0.4) is 0 Å². The Morgan fingerprint density at radius 2 is 2.19 bits per heavy atom. The summed E-state index contributed by atoms with van der Waals surface area (Å²) in [5.41, 5.74) is -0.702. The van der Waals surface area contributed by atoms with Crippen LogP contribution in [0.25, 0.3) is 0 Å². The molecule has 1 saturated heterocycles. The molecule has 0 spiro atoms. The molecule has 1 aliphatic rings. The largest absolute Gasteiger partial charge is 0.390 e. The fourth-order valence-electron chi connectivity index (χ4n) is 2.34. The lowest BCUT2D eigenvalue weighted by atomic mass is 9.93. The van der Waals surface area contributed by atoms with Gasteiger partial charge in [-0.15, -0.1) is 0 Å². The summed E-state index contributed by atoms with van der Waals surface area (Å²) >= 11 is 0. The first-order valence-electron chi connectivity index (χ1n) is 7.34. The first kappa shape index (κ1) is 15.7. The molecule has 21 heavy (non-hydrogen) atoms. The lowest BCUT2D eigenvalue weighted by Gasteiger charge is -2.35. The summed E-state index contributed by atoms with van der Waals surface area (Å²) in [7, 11) is 0. The van der Waals surface area contributed by atoms with Crippen molar-refractivity contribution in [3.05, 3.63) is 23.6 Å². The Bertz CT molecular complexity index is 510. The van der Waals surface area contributed by atoms with E-state index in [9.17, 15) is 14.3 Å². The Morgan fingerprint density at radius 3 is 2.81 bits per heavy atom. The molecular formula is C15H22FN3O2. The minimum absolute atomic E-state index is 0.0325. The third-order valence-electron chi connectivity index (χ3n) is 3.79. The Labute approximate surface area is 124 Å². The van der Waals surface area contributed by atoms with Gasteiger partial charge in [0.1, 0.15) is 0 Å². The highest BCUT2D eigenvalue weighted by Crippen LogP contribution is 2.24. The number of piperidine rings is 1. The zero-order valence-corrected chi connectivity index (χ0v) is 12.5. The van der Waals surface area contributed by atoms with Crippen LogP contribution in [-0.2, 0) is 0 Å². The van der Waals surface area contributed by atoms with E-state index >= 15 is 0 Å². The Hall–Kier alpha value is -1.69. The molecule has 6 heteroatoms. The second kappa shape index (κ2) is 6.39. The number of hydrogen-bond acceptors (Lipinski definition) is 4. The number of amides is 1. The highest BCUT2D eigenvalue weighted by atomic mass is 19.1. The predicted molar refractivity (Wildman–Crippen MR) is 78.7 cm³/mol. The number of nitrogens with one attached hydrogen (secondary N) is 1. The fourth-order valence-corrected chi connectivity index (χ4v) is 2.34. The van der Waals surface area contributed by atoms with Gasteiger partial charge < -0.3 is 15.3 Å². The number of carbonyl (C=O) groups is 1. The van der Waals surface area contributed by atoms with Gasteiger partial charge in [-0.2, -0.15) is 0 Å². The summed E-state index contributed by atoms with van der Waals surface area (Å²) < 4.78 is 14.3. The van der Waals surface area contributed by atoms with Gasteiger partial charge in [0.05, 0.1) is 11.2 Å². The number of halogens is 1. The average molecular weight is 295 g/mol. The van der Waals surface area contributed by atoms with E-state index < -0.39 is 11.4 Å². The predicted octanol–water partition coefficient (Wildman–Crippen LogP) is 2.03. The molecule has 0 saturated carbocycles. The molecule has 2 N–H and O–H groups in total. The number of pyridine rings is 1. The molecule has 1 aliphatic heterocycles. The van der Waals surface area contributed by atoms with E-state index in [1.807, 2.05) is 6.92 Å². The Balaban J connectivity index is 2.12. The molecule has 2 rings (SSSR count). The summed E-state index contributed by atoms with van der Waals surface area (Å²) in [6.07, 6.45) is 3.30. The molecule has 1 aromatic rings. The number of carbonyl (C=O) groups excluding carboxylic acids is 1. The van der Waals surface area contributed by atoms with Gasteiger partial charge in [0.15, 0.2) is 11.6 Å². The van der Waals surface area contributed by atoms with Crippen molar-refractivity contribution in [2.75, 3.05) is 25.0 Å². The number of aromatic nitrogens is 1. The van der Waals surface area contributed by atoms with Crippen LogP contribution in [-0.4, -0.2) is 46.1 Å². The van der Waals surface area contributed by atoms with Crippen LogP contribution in [0.5, 0.6) is 0 Å². The molecule has 5 nitrogen and oxygen atoms in total. The van der Waals surface area contributed by atoms with E-state index in [-0.39, 0.29) is 17.3 Å². The van der Waals surface area contributed by atoms with Crippen LogP contribution in [0.4, 0.5) is 10.2 Å². The lowest BCUT2D eigenvalue weighted by molar-refractivity contribution is -0.00213. The maximum atomic E-state index is 14.3. The second-order valence-corrected chi connectivity index (χ2v) is 5.74. The molecule has 0 bridgehead atoms. The fraction of sp³-hybridized carbons (Fsp3) is 0.600. The van der Waals surface area contributed by atoms with Crippen molar-refractivity contribution in [1.82, 2.24) is 9.88 Å². The first-order chi connectivity index (χ1) is 9.94. The zero-order chi connectivity index (χ0) is 15.5. The van der Waals surface area contributed by atoms with Crippen molar-refractivity contribution < 1.29 is 14.3 Å². The highest BCUT2D eigenvalue weighted by molar-refractivity contribution is 5.95. The normalized spacial score (nSPS) is 17.6. The topological polar surface area (TPSA) is 65.5 Å². The number of anilines is 1. The molecule has 0 atom stereocenters. The highest BCUT2D eigenvalue weighted by Gasteiger charge is 2.31. The standard InChI is InChI=1S/C15H22FN3O2/c1-3-7-17-13-12(16)11(4-8-18-13)14(20)19-9-5-15(2,21)6-10-19/h4,8,21H,3,5-7,9-10H2,1-2H3,(H,17,18). The molecule has 0 radical (unpaired) electrons. The molecule has 0 unspecified atom stereocenters. The maximum absolute atomic E-state index is 14.3. The van der Waals surface area contributed by atoms with Crippen molar-refractivity contribution in [1.29, 1.82) is 0 Å². The number of nitrogens with zero attached hydrogens (tertiary/aromatic N) is 2. The van der Waals surface area contributed by atoms with Crippen LogP contribution in [0, 0.1) is 5.82 Å². The molecular weight excluding hydrogens is 273 g/mol. The maximum Gasteiger partial charge on any atom is 0.257 e. The van der Waals surface area contributed by atoms with Crippen molar-refractivity contribution in [3.63, 3.8) is 0 Å². The minimum Gasteiger partial charge on any atom is -0.390 e. The monoisotopic (exact) mass is 295 g/mol. The van der Waals surface area contributed by atoms with Gasteiger partial charge in [0.25, 0.3) is 5.91 Å². The summed E-state index contributed by atoms with van der Waals surface area (Å²) in [6.45, 7) is 5.21. The SMILES string of the molecule is CCCNc1nccc(C(=O)N2CCC(C)(O)CC2)c1F. The number of likely N-dealkylation sites (tertiary alicyclic amines) is 1. The average Bonchev–Trinajstić information content (AvgIpc) is 2.45. The van der Waals surface area contributed by atoms with E-state index in [0.717, 1.165) is 6.42 Å². The van der Waals surface area contributed by atoms with Gasteiger partial charge in [-0.3, -0.25) is 4.79 Å². The summed E-state index contributed by atoms with van der Waals surface area (Å²) in [5, 5.41) is 12.8. The molecule has 1 aromatic heterocycles.